The zero-order valence-electron chi connectivity index (χ0n) is 8.79. The predicted octanol–water partition coefficient (Wildman–Crippen LogP) is 2.13. The molecule has 0 bridgehead atoms. The van der Waals surface area contributed by atoms with E-state index in [0.29, 0.717) is 5.69 Å². The second-order valence-electron chi connectivity index (χ2n) is 3.20. The summed E-state index contributed by atoms with van der Waals surface area (Å²) >= 11 is 0. The smallest absolute Gasteiger partial charge is 0.273 e. The Morgan fingerprint density at radius 2 is 2.53 bits per heavy atom. The lowest BCUT2D eigenvalue weighted by atomic mass is 10.2. The molecule has 0 radical (unpaired) electrons. The monoisotopic (exact) mass is 205 g/mol. The van der Waals surface area contributed by atoms with Crippen LogP contribution >= 0.6 is 0 Å². The van der Waals surface area contributed by atoms with Gasteiger partial charge in [-0.05, 0) is 31.9 Å². The van der Waals surface area contributed by atoms with E-state index >= 15 is 0 Å². The molecule has 80 valence electrons. The molecule has 4 nitrogen and oxygen atoms in total. The van der Waals surface area contributed by atoms with Crippen molar-refractivity contribution in [2.75, 3.05) is 5.43 Å². The van der Waals surface area contributed by atoms with Gasteiger partial charge < -0.3 is 4.98 Å². The van der Waals surface area contributed by atoms with E-state index in [0.717, 1.165) is 18.6 Å². The van der Waals surface area contributed by atoms with Crippen molar-refractivity contribution in [1.82, 2.24) is 4.98 Å². The fraction of sp³-hybridized carbons (Fsp3) is 0.273. The molecule has 0 spiro atoms. The Balaban J connectivity index is 2.60. The highest BCUT2D eigenvalue weighted by Gasteiger charge is 1.95. The molecule has 0 atom stereocenters. The predicted molar refractivity (Wildman–Crippen MR) is 63.2 cm³/mol. The number of H-pyrrole nitrogens is 1. The van der Waals surface area contributed by atoms with Crippen LogP contribution in [0.4, 0.5) is 5.69 Å². The molecular weight excluding hydrogens is 190 g/mol. The van der Waals surface area contributed by atoms with E-state index in [-0.39, 0.29) is 5.56 Å². The minimum Gasteiger partial charge on any atom is -0.327 e. The largest absolute Gasteiger partial charge is 0.327 e. The highest BCUT2D eigenvalue weighted by molar-refractivity contribution is 5.82. The van der Waals surface area contributed by atoms with Gasteiger partial charge in [0.25, 0.3) is 5.56 Å². The molecule has 0 saturated carbocycles. The van der Waals surface area contributed by atoms with Crippen LogP contribution in [-0.2, 0) is 0 Å². The molecule has 1 aromatic rings. The van der Waals surface area contributed by atoms with E-state index in [9.17, 15) is 4.79 Å². The molecule has 1 rings (SSSR count). The second-order valence-corrected chi connectivity index (χ2v) is 3.20. The summed E-state index contributed by atoms with van der Waals surface area (Å²) in [6.45, 7) is 5.54. The lowest BCUT2D eigenvalue weighted by Crippen LogP contribution is -2.10. The maximum absolute atomic E-state index is 11.2. The first kappa shape index (κ1) is 11.2. The molecule has 2 N–H and O–H groups in total. The number of hydrazone groups is 1. The lowest BCUT2D eigenvalue weighted by Gasteiger charge is -2.00. The minimum absolute atomic E-state index is 0.169. The molecule has 4 heteroatoms. The summed E-state index contributed by atoms with van der Waals surface area (Å²) in [5.41, 5.74) is 3.96. The normalized spacial score (nSPS) is 11.1. The van der Waals surface area contributed by atoms with E-state index in [1.54, 1.807) is 18.3 Å². The summed E-state index contributed by atoms with van der Waals surface area (Å²) in [4.78, 5) is 13.8. The third-order valence-electron chi connectivity index (χ3n) is 1.90. The van der Waals surface area contributed by atoms with Crippen molar-refractivity contribution in [1.29, 1.82) is 0 Å². The van der Waals surface area contributed by atoms with Gasteiger partial charge in [0.2, 0.25) is 0 Å². The summed E-state index contributed by atoms with van der Waals surface area (Å²) < 4.78 is 0. The van der Waals surface area contributed by atoms with Crippen LogP contribution in [0.3, 0.4) is 0 Å². The third kappa shape index (κ3) is 3.81. The van der Waals surface area contributed by atoms with Crippen LogP contribution in [-0.4, -0.2) is 10.7 Å². The van der Waals surface area contributed by atoms with E-state index in [1.165, 1.54) is 0 Å². The zero-order chi connectivity index (χ0) is 11.1. The number of nitrogens with zero attached hydrogens (tertiary/aromatic N) is 1. The molecule has 0 aliphatic rings. The fourth-order valence-electron chi connectivity index (χ4n) is 1.03. The van der Waals surface area contributed by atoms with Gasteiger partial charge in [-0.1, -0.05) is 6.08 Å². The Bertz CT molecular complexity index is 406. The molecule has 0 unspecified atom stereocenters. The van der Waals surface area contributed by atoms with Crippen LogP contribution in [0.15, 0.2) is 40.9 Å². The van der Waals surface area contributed by atoms with Crippen LogP contribution in [0.1, 0.15) is 19.8 Å². The van der Waals surface area contributed by atoms with Crippen molar-refractivity contribution < 1.29 is 0 Å². The standard InChI is InChI=1S/C11H15N3O/c1-3-4-6-9(2)13-14-10-7-5-8-12-11(10)15/h3,5,7-8,14H,1,4,6H2,2H3,(H,12,15). The lowest BCUT2D eigenvalue weighted by molar-refractivity contribution is 1.08. The van der Waals surface area contributed by atoms with E-state index in [4.69, 9.17) is 0 Å². The Morgan fingerprint density at radius 1 is 1.73 bits per heavy atom. The molecular formula is C11H15N3O. The van der Waals surface area contributed by atoms with Crippen molar-refractivity contribution in [2.45, 2.75) is 19.8 Å². The molecule has 0 fully saturated rings. The molecule has 0 aliphatic carbocycles. The van der Waals surface area contributed by atoms with Gasteiger partial charge in [0, 0.05) is 11.9 Å². The Kier molecular flexibility index (Phi) is 4.34. The first-order chi connectivity index (χ1) is 7.24. The van der Waals surface area contributed by atoms with Gasteiger partial charge in [-0.2, -0.15) is 5.10 Å². The second kappa shape index (κ2) is 5.80. The number of rotatable bonds is 5. The van der Waals surface area contributed by atoms with Crippen LogP contribution in [0.2, 0.25) is 0 Å². The van der Waals surface area contributed by atoms with Crippen molar-refractivity contribution >= 4 is 11.4 Å². The average molecular weight is 205 g/mol. The SMILES string of the molecule is C=CCCC(C)=NNc1ccc[nH]c1=O. The number of hydrogen-bond acceptors (Lipinski definition) is 3. The van der Waals surface area contributed by atoms with Crippen LogP contribution in [0.5, 0.6) is 0 Å². The van der Waals surface area contributed by atoms with E-state index < -0.39 is 0 Å². The van der Waals surface area contributed by atoms with E-state index in [1.807, 2.05) is 13.0 Å². The quantitative estimate of drug-likeness (QED) is 0.439. The summed E-state index contributed by atoms with van der Waals surface area (Å²) in [5, 5.41) is 4.09. The number of aromatic amines is 1. The summed E-state index contributed by atoms with van der Waals surface area (Å²) in [7, 11) is 0. The molecule has 1 aromatic heterocycles. The zero-order valence-corrected chi connectivity index (χ0v) is 8.79. The Morgan fingerprint density at radius 3 is 3.20 bits per heavy atom. The highest BCUT2D eigenvalue weighted by Crippen LogP contribution is 1.98. The first-order valence-electron chi connectivity index (χ1n) is 4.82. The molecule has 0 amide bonds. The van der Waals surface area contributed by atoms with Gasteiger partial charge in [0.1, 0.15) is 5.69 Å². The number of allylic oxidation sites excluding steroid dienone is 1. The number of aromatic nitrogens is 1. The van der Waals surface area contributed by atoms with Gasteiger partial charge in [0.15, 0.2) is 0 Å². The van der Waals surface area contributed by atoms with Crippen molar-refractivity contribution in [3.05, 3.63) is 41.3 Å². The highest BCUT2D eigenvalue weighted by atomic mass is 16.1. The molecule has 1 heterocycles. The number of nitrogens with one attached hydrogen (secondary N) is 2. The van der Waals surface area contributed by atoms with Crippen LogP contribution in [0.25, 0.3) is 0 Å². The average Bonchev–Trinajstić information content (AvgIpc) is 2.25. The minimum atomic E-state index is -0.169. The molecule has 0 saturated heterocycles. The number of pyridine rings is 1. The van der Waals surface area contributed by atoms with Crippen molar-refractivity contribution in [2.24, 2.45) is 5.10 Å². The van der Waals surface area contributed by atoms with Gasteiger partial charge in [0.05, 0.1) is 0 Å². The summed E-state index contributed by atoms with van der Waals surface area (Å²) in [5.74, 6) is 0. The Labute approximate surface area is 88.7 Å². The third-order valence-corrected chi connectivity index (χ3v) is 1.90. The van der Waals surface area contributed by atoms with Crippen molar-refractivity contribution in [3.63, 3.8) is 0 Å². The number of hydrogen-bond donors (Lipinski definition) is 2. The first-order valence-corrected chi connectivity index (χ1v) is 4.82. The maximum atomic E-state index is 11.2. The van der Waals surface area contributed by atoms with Crippen LogP contribution in [0, 0.1) is 0 Å². The maximum Gasteiger partial charge on any atom is 0.273 e. The Hall–Kier alpha value is -1.84. The number of anilines is 1. The molecule has 0 aliphatic heterocycles. The van der Waals surface area contributed by atoms with Gasteiger partial charge in [-0.3, -0.25) is 10.2 Å². The van der Waals surface area contributed by atoms with Crippen molar-refractivity contribution in [3.8, 4) is 0 Å². The summed E-state index contributed by atoms with van der Waals surface area (Å²) in [6, 6.07) is 3.43. The topological polar surface area (TPSA) is 57.2 Å². The van der Waals surface area contributed by atoms with Gasteiger partial charge >= 0.3 is 0 Å². The summed E-state index contributed by atoms with van der Waals surface area (Å²) in [6.07, 6.45) is 5.17. The fourth-order valence-corrected chi connectivity index (χ4v) is 1.03. The van der Waals surface area contributed by atoms with Crippen LogP contribution < -0.4 is 11.0 Å². The van der Waals surface area contributed by atoms with Gasteiger partial charge in [-0.25, -0.2) is 0 Å². The van der Waals surface area contributed by atoms with E-state index in [2.05, 4.69) is 22.1 Å². The van der Waals surface area contributed by atoms with Gasteiger partial charge in [-0.15, -0.1) is 6.58 Å². The molecule has 0 aromatic carbocycles. The molecule has 15 heavy (non-hydrogen) atoms.